The minimum atomic E-state index is -0.00607. The molecular weight excluding hydrogens is 481 g/mol. The normalized spacial score (nSPS) is 16.0. The second-order valence-corrected chi connectivity index (χ2v) is 7.07. The average Bonchev–Trinajstić information content (AvgIpc) is 3.26. The number of rotatable bonds is 8. The Morgan fingerprint density at radius 2 is 1.90 bits per heavy atom. The second kappa shape index (κ2) is 12.1. The number of furan rings is 1. The van der Waals surface area contributed by atoms with E-state index in [2.05, 4.69) is 29.7 Å². The first kappa shape index (κ1) is 23.5. The van der Waals surface area contributed by atoms with Gasteiger partial charge in [-0.3, -0.25) is 4.99 Å². The molecule has 0 atom stereocenters. The summed E-state index contributed by atoms with van der Waals surface area (Å²) in [5.74, 6) is 2.69. The Morgan fingerprint density at radius 3 is 2.52 bits per heavy atom. The van der Waals surface area contributed by atoms with Crippen molar-refractivity contribution in [3.05, 3.63) is 54.0 Å². The first-order chi connectivity index (χ1) is 13.8. The molecule has 1 aromatic carbocycles. The highest BCUT2D eigenvalue weighted by Gasteiger charge is 2.34. The van der Waals surface area contributed by atoms with Crippen LogP contribution < -0.4 is 15.4 Å². The smallest absolute Gasteiger partial charge is 0.191 e. The average molecular weight is 513 g/mol. The molecule has 0 spiro atoms. The number of ether oxygens (including phenoxy) is 2. The molecule has 0 unspecified atom stereocenters. The van der Waals surface area contributed by atoms with Crippen molar-refractivity contribution in [3.63, 3.8) is 0 Å². The minimum absolute atomic E-state index is 0. The summed E-state index contributed by atoms with van der Waals surface area (Å²) in [6.07, 6.45) is 4.47. The van der Waals surface area contributed by atoms with Gasteiger partial charge in [-0.15, -0.1) is 24.0 Å². The lowest BCUT2D eigenvalue weighted by molar-refractivity contribution is 0.0531. The van der Waals surface area contributed by atoms with E-state index in [9.17, 15) is 0 Å². The van der Waals surface area contributed by atoms with Gasteiger partial charge in [0.1, 0.15) is 11.5 Å². The van der Waals surface area contributed by atoms with Crippen molar-refractivity contribution in [1.82, 2.24) is 10.6 Å². The van der Waals surface area contributed by atoms with Crippen LogP contribution in [0.25, 0.3) is 0 Å². The lowest BCUT2D eigenvalue weighted by Crippen LogP contribution is -2.41. The molecule has 2 N–H and O–H groups in total. The molecule has 160 valence electrons. The van der Waals surface area contributed by atoms with Gasteiger partial charge in [0.25, 0.3) is 0 Å². The van der Waals surface area contributed by atoms with Crippen LogP contribution in [0.4, 0.5) is 0 Å². The predicted octanol–water partition coefficient (Wildman–Crippen LogP) is 3.75. The first-order valence-corrected chi connectivity index (χ1v) is 10.0. The monoisotopic (exact) mass is 513 g/mol. The summed E-state index contributed by atoms with van der Waals surface area (Å²) in [6.45, 7) is 5.94. The number of hydrogen-bond acceptors (Lipinski definition) is 4. The molecule has 0 aliphatic carbocycles. The fourth-order valence-electron chi connectivity index (χ4n) is 3.58. The van der Waals surface area contributed by atoms with E-state index in [0.29, 0.717) is 0 Å². The quantitative estimate of drug-likeness (QED) is 0.320. The van der Waals surface area contributed by atoms with E-state index in [-0.39, 0.29) is 29.4 Å². The lowest BCUT2D eigenvalue weighted by atomic mass is 9.74. The molecule has 1 aliphatic rings. The first-order valence-electron chi connectivity index (χ1n) is 10.0. The van der Waals surface area contributed by atoms with Crippen LogP contribution in [-0.4, -0.2) is 45.9 Å². The molecule has 2 heterocycles. The van der Waals surface area contributed by atoms with Gasteiger partial charge in [-0.1, -0.05) is 12.1 Å². The molecule has 1 fully saturated rings. The van der Waals surface area contributed by atoms with Crippen molar-refractivity contribution >= 4 is 29.9 Å². The molecule has 2 aromatic rings. The number of hydrogen-bond donors (Lipinski definition) is 2. The molecule has 7 heteroatoms. The summed E-state index contributed by atoms with van der Waals surface area (Å²) in [4.78, 5) is 4.92. The fourth-order valence-corrected chi connectivity index (χ4v) is 3.58. The molecule has 3 rings (SSSR count). The molecule has 1 aromatic heterocycles. The number of methoxy groups -OCH3 is 1. The van der Waals surface area contributed by atoms with Crippen LogP contribution >= 0.6 is 24.0 Å². The van der Waals surface area contributed by atoms with E-state index in [1.807, 2.05) is 24.3 Å². The van der Waals surface area contributed by atoms with Gasteiger partial charge < -0.3 is 24.5 Å². The van der Waals surface area contributed by atoms with Crippen LogP contribution in [-0.2, 0) is 16.6 Å². The summed E-state index contributed by atoms with van der Waals surface area (Å²) in [5.41, 5.74) is 1.29. The zero-order valence-electron chi connectivity index (χ0n) is 17.3. The van der Waals surface area contributed by atoms with Crippen LogP contribution in [0.5, 0.6) is 5.75 Å². The maximum Gasteiger partial charge on any atom is 0.191 e. The van der Waals surface area contributed by atoms with E-state index in [0.717, 1.165) is 69.6 Å². The molecular formula is C22H32IN3O3. The molecule has 0 radical (unpaired) electrons. The van der Waals surface area contributed by atoms with E-state index in [4.69, 9.17) is 18.9 Å². The Morgan fingerprint density at radius 1 is 1.14 bits per heavy atom. The summed E-state index contributed by atoms with van der Waals surface area (Å²) < 4.78 is 16.4. The zero-order chi connectivity index (χ0) is 19.7. The largest absolute Gasteiger partial charge is 0.497 e. The third-order valence-electron chi connectivity index (χ3n) is 5.28. The van der Waals surface area contributed by atoms with E-state index in [1.165, 1.54) is 5.56 Å². The van der Waals surface area contributed by atoms with Crippen molar-refractivity contribution in [1.29, 1.82) is 0 Å². The highest BCUT2D eigenvalue weighted by atomic mass is 127. The highest BCUT2D eigenvalue weighted by Crippen LogP contribution is 2.36. The van der Waals surface area contributed by atoms with Crippen molar-refractivity contribution in [2.45, 2.75) is 31.6 Å². The summed E-state index contributed by atoms with van der Waals surface area (Å²) in [5, 5.41) is 6.76. The Labute approximate surface area is 190 Å². The van der Waals surface area contributed by atoms with Gasteiger partial charge in [0.2, 0.25) is 0 Å². The Hall–Kier alpha value is -1.74. The maximum absolute atomic E-state index is 5.64. The summed E-state index contributed by atoms with van der Waals surface area (Å²) in [7, 11) is 1.70. The van der Waals surface area contributed by atoms with Gasteiger partial charge in [0, 0.05) is 38.1 Å². The lowest BCUT2D eigenvalue weighted by Gasteiger charge is -2.36. The number of nitrogens with zero attached hydrogens (tertiary/aromatic N) is 1. The minimum Gasteiger partial charge on any atom is -0.497 e. The summed E-state index contributed by atoms with van der Waals surface area (Å²) in [6, 6.07) is 12.3. The number of nitrogens with one attached hydrogen (secondary N) is 2. The van der Waals surface area contributed by atoms with Crippen molar-refractivity contribution < 1.29 is 13.9 Å². The maximum atomic E-state index is 5.64. The van der Waals surface area contributed by atoms with Gasteiger partial charge in [0.05, 0.1) is 19.9 Å². The fraction of sp³-hybridized carbons (Fsp3) is 0.500. The van der Waals surface area contributed by atoms with Gasteiger partial charge in [-0.25, -0.2) is 0 Å². The number of benzene rings is 1. The van der Waals surface area contributed by atoms with Crippen molar-refractivity contribution in [3.8, 4) is 5.75 Å². The SMILES string of the molecule is CCNC(=NCC1(c2ccc(OC)cc2)CCOCC1)NCCc1ccco1.I. The van der Waals surface area contributed by atoms with Gasteiger partial charge in [-0.2, -0.15) is 0 Å². The number of guanidine groups is 1. The topological polar surface area (TPSA) is 68.0 Å². The summed E-state index contributed by atoms with van der Waals surface area (Å²) >= 11 is 0. The van der Waals surface area contributed by atoms with Crippen LogP contribution in [0, 0.1) is 0 Å². The standard InChI is InChI=1S/C22H31N3O3.HI/c1-3-23-21(24-13-10-20-5-4-14-28-20)25-17-22(11-15-27-16-12-22)18-6-8-19(26-2)9-7-18;/h4-9,14H,3,10-13,15-17H2,1-2H3,(H2,23,24,25);1H. The second-order valence-electron chi connectivity index (χ2n) is 7.07. The molecule has 0 saturated carbocycles. The number of aliphatic imine (C=N–C) groups is 1. The van der Waals surface area contributed by atoms with Crippen molar-refractivity contribution in [2.75, 3.05) is 40.0 Å². The van der Waals surface area contributed by atoms with Crippen LogP contribution in [0.1, 0.15) is 31.1 Å². The third-order valence-corrected chi connectivity index (χ3v) is 5.28. The zero-order valence-corrected chi connectivity index (χ0v) is 19.6. The van der Waals surface area contributed by atoms with Crippen molar-refractivity contribution in [2.24, 2.45) is 4.99 Å². The van der Waals surface area contributed by atoms with Crippen LogP contribution in [0.2, 0.25) is 0 Å². The van der Waals surface area contributed by atoms with Gasteiger partial charge in [0.15, 0.2) is 5.96 Å². The van der Waals surface area contributed by atoms with Gasteiger partial charge >= 0.3 is 0 Å². The van der Waals surface area contributed by atoms with E-state index in [1.54, 1.807) is 13.4 Å². The Kier molecular flexibility index (Phi) is 9.80. The highest BCUT2D eigenvalue weighted by molar-refractivity contribution is 14.0. The molecule has 1 saturated heterocycles. The van der Waals surface area contributed by atoms with Crippen LogP contribution in [0.3, 0.4) is 0 Å². The van der Waals surface area contributed by atoms with Gasteiger partial charge in [-0.05, 0) is 49.6 Å². The molecule has 0 amide bonds. The molecule has 0 bridgehead atoms. The Bertz CT molecular complexity index is 726. The third kappa shape index (κ3) is 6.64. The number of halogens is 1. The van der Waals surface area contributed by atoms with Crippen LogP contribution in [0.15, 0.2) is 52.1 Å². The molecule has 29 heavy (non-hydrogen) atoms. The predicted molar refractivity (Wildman–Crippen MR) is 127 cm³/mol. The van der Waals surface area contributed by atoms with E-state index < -0.39 is 0 Å². The Balaban J connectivity index is 0.00000300. The van der Waals surface area contributed by atoms with E-state index >= 15 is 0 Å². The molecule has 1 aliphatic heterocycles. The molecule has 6 nitrogen and oxygen atoms in total.